The van der Waals surface area contributed by atoms with Crippen molar-refractivity contribution in [2.75, 3.05) is 57.3 Å². The second kappa shape index (κ2) is 13.8. The average Bonchev–Trinajstić information content (AvgIpc) is 2.72. The van der Waals surface area contributed by atoms with Crippen molar-refractivity contribution in [1.82, 2.24) is 10.6 Å². The lowest BCUT2D eigenvalue weighted by Crippen LogP contribution is -2.49. The summed E-state index contributed by atoms with van der Waals surface area (Å²) in [4.78, 5) is 6.72. The molecule has 1 aromatic rings. The van der Waals surface area contributed by atoms with Crippen molar-refractivity contribution in [1.29, 1.82) is 0 Å². The summed E-state index contributed by atoms with van der Waals surface area (Å²) in [5.74, 6) is 4.56. The number of nitrogens with zero attached hydrogens (tertiary/aromatic N) is 2. The fourth-order valence-electron chi connectivity index (χ4n) is 3.05. The number of piperidine rings is 1. The van der Waals surface area contributed by atoms with Crippen LogP contribution in [0.2, 0.25) is 0 Å². The monoisotopic (exact) mass is 520 g/mol. The van der Waals surface area contributed by atoms with Gasteiger partial charge in [0.2, 0.25) is 0 Å². The Morgan fingerprint density at radius 1 is 1.25 bits per heavy atom. The molecular formula is C20H33IN4O2S. The first kappa shape index (κ1) is 24.7. The van der Waals surface area contributed by atoms with Crippen LogP contribution in [-0.2, 0) is 0 Å². The normalized spacial score (nSPS) is 14.8. The molecule has 0 amide bonds. The van der Waals surface area contributed by atoms with Crippen molar-refractivity contribution >= 4 is 47.4 Å². The first-order valence-corrected chi connectivity index (χ1v) is 10.5. The van der Waals surface area contributed by atoms with E-state index < -0.39 is 0 Å². The van der Waals surface area contributed by atoms with Gasteiger partial charge < -0.3 is 25.0 Å². The number of thioether (sulfide) groups is 1. The van der Waals surface area contributed by atoms with E-state index in [0.29, 0.717) is 6.04 Å². The molecule has 0 radical (unpaired) electrons. The van der Waals surface area contributed by atoms with Crippen LogP contribution >= 0.6 is 35.7 Å². The van der Waals surface area contributed by atoms with Gasteiger partial charge in [0.1, 0.15) is 11.5 Å². The molecule has 2 N–H and O–H groups in total. The van der Waals surface area contributed by atoms with Gasteiger partial charge in [0.05, 0.1) is 14.2 Å². The minimum absolute atomic E-state index is 0. The van der Waals surface area contributed by atoms with Gasteiger partial charge in [-0.2, -0.15) is 11.8 Å². The van der Waals surface area contributed by atoms with E-state index in [1.165, 1.54) is 0 Å². The minimum atomic E-state index is 0. The van der Waals surface area contributed by atoms with Crippen molar-refractivity contribution in [3.05, 3.63) is 30.9 Å². The number of guanidine groups is 1. The Morgan fingerprint density at radius 2 is 1.89 bits per heavy atom. The van der Waals surface area contributed by atoms with Crippen LogP contribution in [0.4, 0.5) is 5.69 Å². The van der Waals surface area contributed by atoms with Gasteiger partial charge in [-0.1, -0.05) is 6.08 Å². The zero-order valence-electron chi connectivity index (χ0n) is 17.1. The van der Waals surface area contributed by atoms with Crippen LogP contribution in [0.25, 0.3) is 0 Å². The van der Waals surface area contributed by atoms with Gasteiger partial charge in [0, 0.05) is 68.1 Å². The van der Waals surface area contributed by atoms with Crippen LogP contribution in [0.5, 0.6) is 11.5 Å². The van der Waals surface area contributed by atoms with E-state index in [9.17, 15) is 0 Å². The quantitative estimate of drug-likeness (QED) is 0.171. The Balaban J connectivity index is 0.00000392. The van der Waals surface area contributed by atoms with Crippen molar-refractivity contribution < 1.29 is 9.47 Å². The minimum Gasteiger partial charge on any atom is -0.497 e. The second-order valence-electron chi connectivity index (χ2n) is 6.34. The molecule has 1 aliphatic rings. The molecule has 0 saturated carbocycles. The van der Waals surface area contributed by atoms with E-state index in [2.05, 4.69) is 39.2 Å². The lowest BCUT2D eigenvalue weighted by atomic mass is 10.0. The van der Waals surface area contributed by atoms with Crippen molar-refractivity contribution in [3.63, 3.8) is 0 Å². The Hall–Kier alpha value is -1.29. The van der Waals surface area contributed by atoms with Crippen molar-refractivity contribution in [2.45, 2.75) is 18.9 Å². The zero-order valence-corrected chi connectivity index (χ0v) is 20.2. The van der Waals surface area contributed by atoms with Crippen LogP contribution in [0, 0.1) is 0 Å². The summed E-state index contributed by atoms with van der Waals surface area (Å²) in [5.41, 5.74) is 1.14. The average molecular weight is 520 g/mol. The zero-order chi connectivity index (χ0) is 19.5. The summed E-state index contributed by atoms with van der Waals surface area (Å²) in [6, 6.07) is 6.47. The number of aliphatic imine (C=N–C) groups is 1. The van der Waals surface area contributed by atoms with E-state index in [4.69, 9.17) is 9.47 Å². The van der Waals surface area contributed by atoms with Crippen molar-refractivity contribution in [3.8, 4) is 11.5 Å². The third kappa shape index (κ3) is 7.98. The molecule has 6 nitrogen and oxygen atoms in total. The molecule has 0 spiro atoms. The van der Waals surface area contributed by atoms with Crippen LogP contribution in [-0.4, -0.2) is 64.4 Å². The highest BCUT2D eigenvalue weighted by Crippen LogP contribution is 2.30. The van der Waals surface area contributed by atoms with Crippen LogP contribution < -0.4 is 25.0 Å². The number of anilines is 1. The Morgan fingerprint density at radius 3 is 2.43 bits per heavy atom. The maximum absolute atomic E-state index is 5.39. The SMILES string of the molecule is C=CCSCCNC(=NC)NC1CCN(c2cc(OC)cc(OC)c2)CC1.I. The number of hydrogen-bond acceptors (Lipinski definition) is 5. The molecule has 0 unspecified atom stereocenters. The summed E-state index contributed by atoms with van der Waals surface area (Å²) in [6.07, 6.45) is 4.06. The highest BCUT2D eigenvalue weighted by Gasteiger charge is 2.21. The van der Waals surface area contributed by atoms with E-state index >= 15 is 0 Å². The molecule has 0 bridgehead atoms. The molecule has 1 aromatic carbocycles. The number of methoxy groups -OCH3 is 2. The van der Waals surface area contributed by atoms with Crippen LogP contribution in [0.15, 0.2) is 35.8 Å². The molecule has 158 valence electrons. The molecule has 0 aromatic heterocycles. The lowest BCUT2D eigenvalue weighted by Gasteiger charge is -2.34. The summed E-state index contributed by atoms with van der Waals surface area (Å²) >= 11 is 1.87. The molecule has 1 heterocycles. The molecule has 1 aliphatic heterocycles. The van der Waals surface area contributed by atoms with E-state index in [1.807, 2.05) is 31.0 Å². The molecule has 28 heavy (non-hydrogen) atoms. The molecular weight excluding hydrogens is 487 g/mol. The first-order valence-electron chi connectivity index (χ1n) is 9.34. The van der Waals surface area contributed by atoms with Gasteiger partial charge in [-0.05, 0) is 12.8 Å². The summed E-state index contributed by atoms with van der Waals surface area (Å²) in [6.45, 7) is 6.61. The van der Waals surface area contributed by atoms with E-state index in [1.54, 1.807) is 14.2 Å². The third-order valence-corrected chi connectivity index (χ3v) is 5.50. The highest BCUT2D eigenvalue weighted by molar-refractivity contribution is 14.0. The maximum atomic E-state index is 5.39. The fourth-order valence-corrected chi connectivity index (χ4v) is 3.63. The molecule has 1 fully saturated rings. The maximum Gasteiger partial charge on any atom is 0.191 e. The van der Waals surface area contributed by atoms with Gasteiger partial charge in [-0.15, -0.1) is 30.6 Å². The van der Waals surface area contributed by atoms with Gasteiger partial charge in [0.15, 0.2) is 5.96 Å². The molecule has 0 atom stereocenters. The lowest BCUT2D eigenvalue weighted by molar-refractivity contribution is 0.393. The number of hydrogen-bond donors (Lipinski definition) is 2. The standard InChI is InChI=1S/C20H32N4O2S.HI/c1-5-11-27-12-8-22-20(21-2)23-16-6-9-24(10-7-16)17-13-18(25-3)15-19(14-17)26-4;/h5,13-16H,1,6-12H2,2-4H3,(H2,21,22,23);1H. The number of halogens is 1. The van der Waals surface area contributed by atoms with E-state index in [0.717, 1.165) is 67.1 Å². The summed E-state index contributed by atoms with van der Waals surface area (Å²) < 4.78 is 10.8. The molecule has 2 rings (SSSR count). The van der Waals surface area contributed by atoms with Crippen molar-refractivity contribution in [2.24, 2.45) is 4.99 Å². The predicted molar refractivity (Wildman–Crippen MR) is 132 cm³/mol. The summed E-state index contributed by atoms with van der Waals surface area (Å²) in [7, 11) is 5.19. The second-order valence-corrected chi connectivity index (χ2v) is 7.49. The largest absolute Gasteiger partial charge is 0.497 e. The van der Waals surface area contributed by atoms with Gasteiger partial charge in [-0.25, -0.2) is 0 Å². The highest BCUT2D eigenvalue weighted by atomic mass is 127. The van der Waals surface area contributed by atoms with E-state index in [-0.39, 0.29) is 24.0 Å². The number of benzene rings is 1. The van der Waals surface area contributed by atoms with Crippen LogP contribution in [0.3, 0.4) is 0 Å². The number of rotatable bonds is 9. The number of ether oxygens (including phenoxy) is 2. The molecule has 1 saturated heterocycles. The molecule has 8 heteroatoms. The smallest absolute Gasteiger partial charge is 0.191 e. The Labute approximate surface area is 190 Å². The van der Waals surface area contributed by atoms with Crippen LogP contribution in [0.1, 0.15) is 12.8 Å². The van der Waals surface area contributed by atoms with Gasteiger partial charge >= 0.3 is 0 Å². The van der Waals surface area contributed by atoms with Gasteiger partial charge in [0.25, 0.3) is 0 Å². The molecule has 0 aliphatic carbocycles. The third-order valence-electron chi connectivity index (χ3n) is 4.54. The Bertz CT molecular complexity index is 600. The topological polar surface area (TPSA) is 58.1 Å². The first-order chi connectivity index (χ1) is 13.2. The number of nitrogens with one attached hydrogen (secondary N) is 2. The van der Waals surface area contributed by atoms with Gasteiger partial charge in [-0.3, -0.25) is 4.99 Å². The fraction of sp³-hybridized carbons (Fsp3) is 0.550. The summed E-state index contributed by atoms with van der Waals surface area (Å²) in [5, 5.41) is 6.93. The Kier molecular flexibility index (Phi) is 12.2. The predicted octanol–water partition coefficient (Wildman–Crippen LogP) is 3.37.